The van der Waals surface area contributed by atoms with Crippen molar-refractivity contribution in [3.63, 3.8) is 0 Å². The van der Waals surface area contributed by atoms with Crippen LogP contribution >= 0.6 is 0 Å². The summed E-state index contributed by atoms with van der Waals surface area (Å²) in [4.78, 5) is 34.4. The number of aryl methyl sites for hydroxylation is 1. The maximum atomic E-state index is 12.3. The minimum absolute atomic E-state index is 0.120. The fourth-order valence-electron chi connectivity index (χ4n) is 1.79. The van der Waals surface area contributed by atoms with Gasteiger partial charge in [0.05, 0.1) is 11.5 Å². The van der Waals surface area contributed by atoms with Gasteiger partial charge in [0, 0.05) is 31.4 Å². The zero-order valence-electron chi connectivity index (χ0n) is 11.7. The Morgan fingerprint density at radius 2 is 2.10 bits per heavy atom. The normalized spacial score (nSPS) is 10.2. The van der Waals surface area contributed by atoms with E-state index in [-0.39, 0.29) is 24.4 Å². The summed E-state index contributed by atoms with van der Waals surface area (Å²) in [5.41, 5.74) is 0.533. The molecule has 1 rings (SSSR count). The third-order valence-electron chi connectivity index (χ3n) is 2.83. The highest BCUT2D eigenvalue weighted by atomic mass is 16.6. The Morgan fingerprint density at radius 3 is 2.57 bits per heavy atom. The number of carbonyl (C=O) groups excluding carboxylic acids is 1. The lowest BCUT2D eigenvalue weighted by atomic mass is 10.1. The Labute approximate surface area is 121 Å². The number of rotatable bonds is 7. The van der Waals surface area contributed by atoms with E-state index in [0.717, 1.165) is 4.90 Å². The number of ether oxygens (including phenoxy) is 1. The van der Waals surface area contributed by atoms with Crippen LogP contribution in [0.1, 0.15) is 15.9 Å². The van der Waals surface area contributed by atoms with Crippen LogP contribution in [-0.2, 0) is 9.53 Å². The first kappa shape index (κ1) is 16.6. The van der Waals surface area contributed by atoms with E-state index in [9.17, 15) is 19.7 Å². The van der Waals surface area contributed by atoms with Crippen LogP contribution in [0.25, 0.3) is 0 Å². The Balaban J connectivity index is 3.02. The molecule has 0 fully saturated rings. The van der Waals surface area contributed by atoms with Gasteiger partial charge in [0.2, 0.25) is 0 Å². The van der Waals surface area contributed by atoms with Crippen molar-refractivity contribution >= 4 is 17.6 Å². The summed E-state index contributed by atoms with van der Waals surface area (Å²) in [5, 5.41) is 19.5. The number of non-ortho nitro benzene ring substituents is 1. The molecule has 0 saturated heterocycles. The number of amides is 1. The monoisotopic (exact) mass is 296 g/mol. The Morgan fingerprint density at radius 1 is 1.43 bits per heavy atom. The number of benzene rings is 1. The first-order valence-electron chi connectivity index (χ1n) is 6.12. The number of carbonyl (C=O) groups is 2. The lowest BCUT2D eigenvalue weighted by Crippen LogP contribution is -2.38. The number of hydrogen-bond donors (Lipinski definition) is 1. The number of aliphatic carboxylic acids is 1. The van der Waals surface area contributed by atoms with Crippen molar-refractivity contribution < 1.29 is 24.4 Å². The number of nitro groups is 1. The summed E-state index contributed by atoms with van der Waals surface area (Å²) in [6.07, 6.45) is 0. The number of methoxy groups -OCH3 is 1. The van der Waals surface area contributed by atoms with Crippen molar-refractivity contribution in [3.8, 4) is 0 Å². The minimum atomic E-state index is -1.14. The van der Waals surface area contributed by atoms with Crippen molar-refractivity contribution in [3.05, 3.63) is 39.4 Å². The fraction of sp³-hybridized carbons (Fsp3) is 0.385. The molecule has 0 heterocycles. The van der Waals surface area contributed by atoms with Gasteiger partial charge >= 0.3 is 5.97 Å². The fourth-order valence-corrected chi connectivity index (χ4v) is 1.79. The standard InChI is InChI=1S/C13H16N2O6/c1-9-7-10(15(19)20)3-4-11(9)13(18)14(5-6-21-2)8-12(16)17/h3-4,7H,5-6,8H2,1-2H3,(H,16,17). The summed E-state index contributed by atoms with van der Waals surface area (Å²) in [7, 11) is 1.44. The molecule has 0 atom stereocenters. The summed E-state index contributed by atoms with van der Waals surface area (Å²) < 4.78 is 4.84. The molecular weight excluding hydrogens is 280 g/mol. The van der Waals surface area contributed by atoms with E-state index < -0.39 is 23.3 Å². The zero-order valence-corrected chi connectivity index (χ0v) is 11.7. The largest absolute Gasteiger partial charge is 0.480 e. The van der Waals surface area contributed by atoms with Gasteiger partial charge in [0.15, 0.2) is 0 Å². The SMILES string of the molecule is COCCN(CC(=O)O)C(=O)c1ccc([N+](=O)[O-])cc1C. The molecule has 0 spiro atoms. The number of nitro benzene ring substituents is 1. The van der Waals surface area contributed by atoms with Crippen LogP contribution in [0.5, 0.6) is 0 Å². The molecule has 114 valence electrons. The first-order chi connectivity index (χ1) is 9.86. The Kier molecular flexibility index (Phi) is 5.79. The number of nitrogens with zero attached hydrogens (tertiary/aromatic N) is 2. The number of carboxylic acids is 1. The molecule has 0 aliphatic rings. The second-order valence-electron chi connectivity index (χ2n) is 4.37. The molecule has 0 unspecified atom stereocenters. The molecule has 0 saturated carbocycles. The highest BCUT2D eigenvalue weighted by molar-refractivity contribution is 5.97. The van der Waals surface area contributed by atoms with Crippen LogP contribution in [0.15, 0.2) is 18.2 Å². The van der Waals surface area contributed by atoms with Crippen LogP contribution in [0.4, 0.5) is 5.69 Å². The van der Waals surface area contributed by atoms with Crippen molar-refractivity contribution in [2.24, 2.45) is 0 Å². The molecule has 1 aromatic carbocycles. The molecule has 0 aliphatic carbocycles. The van der Waals surface area contributed by atoms with Crippen molar-refractivity contribution in [1.82, 2.24) is 4.90 Å². The zero-order chi connectivity index (χ0) is 16.0. The van der Waals surface area contributed by atoms with Gasteiger partial charge in [-0.15, -0.1) is 0 Å². The average Bonchev–Trinajstić information content (AvgIpc) is 2.42. The van der Waals surface area contributed by atoms with Gasteiger partial charge in [0.1, 0.15) is 6.54 Å². The van der Waals surface area contributed by atoms with Crippen LogP contribution in [0.3, 0.4) is 0 Å². The van der Waals surface area contributed by atoms with E-state index >= 15 is 0 Å². The highest BCUT2D eigenvalue weighted by Crippen LogP contribution is 2.18. The van der Waals surface area contributed by atoms with E-state index in [4.69, 9.17) is 9.84 Å². The quantitative estimate of drug-likeness (QED) is 0.595. The Bertz CT molecular complexity index is 558. The maximum absolute atomic E-state index is 12.3. The summed E-state index contributed by atoms with van der Waals surface area (Å²) in [5.74, 6) is -1.64. The lowest BCUT2D eigenvalue weighted by molar-refractivity contribution is -0.384. The van der Waals surface area contributed by atoms with Gasteiger partial charge in [0.25, 0.3) is 11.6 Å². The van der Waals surface area contributed by atoms with Crippen LogP contribution in [-0.4, -0.2) is 53.6 Å². The highest BCUT2D eigenvalue weighted by Gasteiger charge is 2.21. The van der Waals surface area contributed by atoms with Crippen LogP contribution < -0.4 is 0 Å². The summed E-state index contributed by atoms with van der Waals surface area (Å²) >= 11 is 0. The molecule has 0 aliphatic heterocycles. The molecule has 8 nitrogen and oxygen atoms in total. The van der Waals surface area contributed by atoms with Gasteiger partial charge < -0.3 is 14.7 Å². The molecule has 0 aromatic heterocycles. The molecule has 21 heavy (non-hydrogen) atoms. The summed E-state index contributed by atoms with van der Waals surface area (Å²) in [6.45, 7) is 1.43. The van der Waals surface area contributed by atoms with Crippen LogP contribution in [0.2, 0.25) is 0 Å². The molecule has 1 aromatic rings. The predicted octanol–water partition coefficient (Wildman–Crippen LogP) is 1.08. The van der Waals surface area contributed by atoms with Crippen molar-refractivity contribution in [2.75, 3.05) is 26.8 Å². The van der Waals surface area contributed by atoms with Gasteiger partial charge in [-0.3, -0.25) is 19.7 Å². The van der Waals surface area contributed by atoms with Gasteiger partial charge in [-0.2, -0.15) is 0 Å². The van der Waals surface area contributed by atoms with E-state index in [1.165, 1.54) is 25.3 Å². The van der Waals surface area contributed by atoms with E-state index in [0.29, 0.717) is 5.56 Å². The van der Waals surface area contributed by atoms with Crippen LogP contribution in [0, 0.1) is 17.0 Å². The van der Waals surface area contributed by atoms with E-state index in [1.807, 2.05) is 0 Å². The summed E-state index contributed by atoms with van der Waals surface area (Å²) in [6, 6.07) is 3.83. The number of carboxylic acid groups (broad SMARTS) is 1. The molecule has 8 heteroatoms. The van der Waals surface area contributed by atoms with E-state index in [2.05, 4.69) is 0 Å². The smallest absolute Gasteiger partial charge is 0.323 e. The van der Waals surface area contributed by atoms with Crippen molar-refractivity contribution in [2.45, 2.75) is 6.92 Å². The molecule has 1 N–H and O–H groups in total. The minimum Gasteiger partial charge on any atom is -0.480 e. The topological polar surface area (TPSA) is 110 Å². The molecule has 0 bridgehead atoms. The number of hydrogen-bond acceptors (Lipinski definition) is 5. The second kappa shape index (κ2) is 7.34. The van der Waals surface area contributed by atoms with Crippen molar-refractivity contribution in [1.29, 1.82) is 0 Å². The van der Waals surface area contributed by atoms with E-state index in [1.54, 1.807) is 6.92 Å². The third kappa shape index (κ3) is 4.53. The predicted molar refractivity (Wildman–Crippen MR) is 73.2 cm³/mol. The maximum Gasteiger partial charge on any atom is 0.323 e. The lowest BCUT2D eigenvalue weighted by Gasteiger charge is -2.21. The molecule has 0 radical (unpaired) electrons. The second-order valence-corrected chi connectivity index (χ2v) is 4.37. The Hall–Kier alpha value is -2.48. The molecule has 1 amide bonds. The van der Waals surface area contributed by atoms with Gasteiger partial charge in [-0.25, -0.2) is 0 Å². The first-order valence-corrected chi connectivity index (χ1v) is 6.12. The third-order valence-corrected chi connectivity index (χ3v) is 2.83. The molecular formula is C13H16N2O6. The average molecular weight is 296 g/mol. The van der Waals surface area contributed by atoms with Gasteiger partial charge in [-0.1, -0.05) is 0 Å². The van der Waals surface area contributed by atoms with Gasteiger partial charge in [-0.05, 0) is 18.6 Å².